The number of nitrogen functional groups attached to an aromatic ring is 1. The van der Waals surface area contributed by atoms with Crippen LogP contribution in [-0.2, 0) is 4.79 Å². The Bertz CT molecular complexity index is 457. The normalized spacial score (nSPS) is 11.9. The summed E-state index contributed by atoms with van der Waals surface area (Å²) in [6.07, 6.45) is 0. The number of benzene rings is 1. The van der Waals surface area contributed by atoms with E-state index in [2.05, 4.69) is 0 Å². The number of anilines is 1. The Morgan fingerprint density at radius 1 is 1.41 bits per heavy atom. The fraction of sp³-hybridized carbons (Fsp3) is 0.333. The van der Waals surface area contributed by atoms with Crippen molar-refractivity contribution in [1.82, 2.24) is 4.90 Å². The largest absolute Gasteiger partial charge is 0.480 e. The molecule has 0 bridgehead atoms. The molecule has 0 heterocycles. The van der Waals surface area contributed by atoms with Crippen molar-refractivity contribution in [2.24, 2.45) is 0 Å². The summed E-state index contributed by atoms with van der Waals surface area (Å²) in [5.41, 5.74) is 7.50. The molecule has 1 aromatic carbocycles. The van der Waals surface area contributed by atoms with Crippen LogP contribution in [0.4, 0.5) is 5.69 Å². The summed E-state index contributed by atoms with van der Waals surface area (Å²) >= 11 is 0. The lowest BCUT2D eigenvalue weighted by Gasteiger charge is -2.21. The number of aryl methyl sites for hydroxylation is 1. The molecule has 0 saturated carbocycles. The van der Waals surface area contributed by atoms with Crippen LogP contribution in [0.5, 0.6) is 0 Å². The van der Waals surface area contributed by atoms with E-state index in [-0.39, 0.29) is 5.91 Å². The topological polar surface area (TPSA) is 83.6 Å². The van der Waals surface area contributed by atoms with E-state index in [1.54, 1.807) is 25.1 Å². The van der Waals surface area contributed by atoms with Gasteiger partial charge < -0.3 is 15.7 Å². The first-order valence-corrected chi connectivity index (χ1v) is 5.20. The number of rotatable bonds is 3. The van der Waals surface area contributed by atoms with Gasteiger partial charge in [-0.05, 0) is 37.6 Å². The first kappa shape index (κ1) is 13.0. The van der Waals surface area contributed by atoms with Gasteiger partial charge in [0.25, 0.3) is 5.91 Å². The number of carbonyl (C=O) groups excluding carboxylic acids is 1. The number of carboxylic acid groups (broad SMARTS) is 1. The van der Waals surface area contributed by atoms with E-state index in [9.17, 15) is 9.59 Å². The van der Waals surface area contributed by atoms with Crippen LogP contribution in [0.15, 0.2) is 18.2 Å². The van der Waals surface area contributed by atoms with Crippen LogP contribution in [0.3, 0.4) is 0 Å². The SMILES string of the molecule is Cc1cc(C(=O)N(C)[C@@H](C)C(=O)O)ccc1N. The molecule has 0 aliphatic carbocycles. The number of carbonyl (C=O) groups is 2. The third-order valence-corrected chi connectivity index (χ3v) is 2.78. The lowest BCUT2D eigenvalue weighted by molar-refractivity contribution is -0.141. The van der Waals surface area contributed by atoms with Gasteiger partial charge in [0.1, 0.15) is 6.04 Å². The number of amides is 1. The van der Waals surface area contributed by atoms with Gasteiger partial charge >= 0.3 is 5.97 Å². The predicted molar refractivity (Wildman–Crippen MR) is 64.8 cm³/mol. The molecule has 0 unspecified atom stereocenters. The second-order valence-electron chi connectivity index (χ2n) is 4.00. The predicted octanol–water partition coefficient (Wildman–Crippen LogP) is 1.12. The number of nitrogens with two attached hydrogens (primary N) is 1. The van der Waals surface area contributed by atoms with E-state index >= 15 is 0 Å². The molecule has 5 heteroatoms. The average Bonchev–Trinajstić information content (AvgIpc) is 2.29. The third kappa shape index (κ3) is 2.75. The van der Waals surface area contributed by atoms with Gasteiger partial charge in [0.05, 0.1) is 0 Å². The van der Waals surface area contributed by atoms with Crippen LogP contribution in [0.2, 0.25) is 0 Å². The monoisotopic (exact) mass is 236 g/mol. The summed E-state index contributed by atoms with van der Waals surface area (Å²) < 4.78 is 0. The highest BCUT2D eigenvalue weighted by atomic mass is 16.4. The first-order chi connectivity index (χ1) is 7.84. The van der Waals surface area contributed by atoms with Gasteiger partial charge in [-0.2, -0.15) is 0 Å². The van der Waals surface area contributed by atoms with Crippen LogP contribution < -0.4 is 5.73 Å². The first-order valence-electron chi connectivity index (χ1n) is 5.20. The van der Waals surface area contributed by atoms with Crippen molar-refractivity contribution in [2.75, 3.05) is 12.8 Å². The zero-order valence-corrected chi connectivity index (χ0v) is 10.1. The Morgan fingerprint density at radius 2 is 2.00 bits per heavy atom. The Kier molecular flexibility index (Phi) is 3.73. The molecule has 92 valence electrons. The van der Waals surface area contributed by atoms with Gasteiger partial charge in [0.15, 0.2) is 0 Å². The summed E-state index contributed by atoms with van der Waals surface area (Å²) in [6, 6.07) is 4.03. The average molecular weight is 236 g/mol. The number of hydrogen-bond donors (Lipinski definition) is 2. The summed E-state index contributed by atoms with van der Waals surface area (Å²) in [5, 5.41) is 8.83. The second-order valence-corrected chi connectivity index (χ2v) is 4.00. The number of carboxylic acids is 1. The molecule has 1 atom stereocenters. The molecule has 0 saturated heterocycles. The van der Waals surface area contributed by atoms with Crippen molar-refractivity contribution in [3.63, 3.8) is 0 Å². The van der Waals surface area contributed by atoms with Crippen LogP contribution >= 0.6 is 0 Å². The molecular formula is C12H16N2O3. The number of hydrogen-bond acceptors (Lipinski definition) is 3. The van der Waals surface area contributed by atoms with Gasteiger partial charge in [-0.3, -0.25) is 4.79 Å². The molecular weight excluding hydrogens is 220 g/mol. The van der Waals surface area contributed by atoms with E-state index in [1.807, 2.05) is 0 Å². The third-order valence-electron chi connectivity index (χ3n) is 2.78. The molecule has 0 aliphatic rings. The van der Waals surface area contributed by atoms with Crippen LogP contribution in [0.1, 0.15) is 22.8 Å². The summed E-state index contributed by atoms with van der Waals surface area (Å²) in [5.74, 6) is -1.36. The van der Waals surface area contributed by atoms with Gasteiger partial charge in [-0.25, -0.2) is 4.79 Å². The molecule has 0 aliphatic heterocycles. The van der Waals surface area contributed by atoms with E-state index < -0.39 is 12.0 Å². The highest BCUT2D eigenvalue weighted by Gasteiger charge is 2.22. The molecule has 5 nitrogen and oxygen atoms in total. The molecule has 0 aromatic heterocycles. The lowest BCUT2D eigenvalue weighted by Crippen LogP contribution is -2.40. The Morgan fingerprint density at radius 3 is 2.47 bits per heavy atom. The highest BCUT2D eigenvalue weighted by Crippen LogP contribution is 2.14. The molecule has 0 radical (unpaired) electrons. The molecule has 17 heavy (non-hydrogen) atoms. The van der Waals surface area contributed by atoms with Crippen molar-refractivity contribution in [2.45, 2.75) is 19.9 Å². The molecule has 0 fully saturated rings. The molecule has 3 N–H and O–H groups in total. The van der Waals surface area contributed by atoms with Crippen molar-refractivity contribution in [1.29, 1.82) is 0 Å². The van der Waals surface area contributed by atoms with E-state index in [0.717, 1.165) is 5.56 Å². The summed E-state index contributed by atoms with van der Waals surface area (Å²) in [7, 11) is 1.47. The smallest absolute Gasteiger partial charge is 0.326 e. The maximum atomic E-state index is 12.0. The Labute approximate surface area is 99.8 Å². The van der Waals surface area contributed by atoms with Crippen molar-refractivity contribution < 1.29 is 14.7 Å². The zero-order valence-electron chi connectivity index (χ0n) is 10.1. The van der Waals surface area contributed by atoms with Gasteiger partial charge in [-0.1, -0.05) is 0 Å². The Hall–Kier alpha value is -2.04. The van der Waals surface area contributed by atoms with Crippen LogP contribution in [0, 0.1) is 6.92 Å². The van der Waals surface area contributed by atoms with E-state index in [0.29, 0.717) is 11.3 Å². The number of nitrogens with zero attached hydrogens (tertiary/aromatic N) is 1. The van der Waals surface area contributed by atoms with Crippen LogP contribution in [-0.4, -0.2) is 35.0 Å². The minimum Gasteiger partial charge on any atom is -0.480 e. The van der Waals surface area contributed by atoms with Crippen molar-refractivity contribution in [3.05, 3.63) is 29.3 Å². The second kappa shape index (κ2) is 4.86. The highest BCUT2D eigenvalue weighted by molar-refractivity contribution is 5.96. The van der Waals surface area contributed by atoms with Gasteiger partial charge in [0, 0.05) is 18.3 Å². The molecule has 1 aromatic rings. The fourth-order valence-corrected chi connectivity index (χ4v) is 1.35. The fourth-order valence-electron chi connectivity index (χ4n) is 1.35. The molecule has 1 rings (SSSR count). The zero-order chi connectivity index (χ0) is 13.2. The van der Waals surface area contributed by atoms with Crippen molar-refractivity contribution in [3.8, 4) is 0 Å². The standard InChI is InChI=1S/C12H16N2O3/c1-7-6-9(4-5-10(7)13)11(15)14(3)8(2)12(16)17/h4-6,8H,13H2,1-3H3,(H,16,17)/t8-/m0/s1. The van der Waals surface area contributed by atoms with Crippen molar-refractivity contribution >= 4 is 17.6 Å². The quantitative estimate of drug-likeness (QED) is 0.770. The summed E-state index contributed by atoms with van der Waals surface area (Å²) in [4.78, 5) is 23.9. The van der Waals surface area contributed by atoms with Gasteiger partial charge in [0.2, 0.25) is 0 Å². The Balaban J connectivity index is 2.96. The molecule has 0 spiro atoms. The maximum absolute atomic E-state index is 12.0. The van der Waals surface area contributed by atoms with Crippen LogP contribution in [0.25, 0.3) is 0 Å². The van der Waals surface area contributed by atoms with E-state index in [1.165, 1.54) is 18.9 Å². The lowest BCUT2D eigenvalue weighted by atomic mass is 10.1. The summed E-state index contributed by atoms with van der Waals surface area (Å²) in [6.45, 7) is 3.26. The van der Waals surface area contributed by atoms with E-state index in [4.69, 9.17) is 10.8 Å². The minimum atomic E-state index is -1.03. The van der Waals surface area contributed by atoms with Gasteiger partial charge in [-0.15, -0.1) is 0 Å². The number of aliphatic carboxylic acids is 1. The minimum absolute atomic E-state index is 0.331. The maximum Gasteiger partial charge on any atom is 0.326 e. The molecule has 1 amide bonds. The number of likely N-dealkylation sites (N-methyl/N-ethyl adjacent to an activating group) is 1.